The summed E-state index contributed by atoms with van der Waals surface area (Å²) in [6, 6.07) is 6.08. The Morgan fingerprint density at radius 2 is 1.67 bits per heavy atom. The Labute approximate surface area is 248 Å². The zero-order valence-electron chi connectivity index (χ0n) is 20.8. The van der Waals surface area contributed by atoms with Gasteiger partial charge in [-0.05, 0) is 75.2 Å². The molecular weight excluding hydrogens is 721 g/mol. The van der Waals surface area contributed by atoms with Gasteiger partial charge in [-0.2, -0.15) is 30.7 Å². The van der Waals surface area contributed by atoms with Crippen molar-refractivity contribution in [1.29, 1.82) is 0 Å². The number of ether oxygens (including phenoxy) is 1. The van der Waals surface area contributed by atoms with Crippen molar-refractivity contribution in [2.75, 3.05) is 16.8 Å². The van der Waals surface area contributed by atoms with E-state index >= 15 is 4.39 Å². The van der Waals surface area contributed by atoms with Crippen LogP contribution in [0.25, 0.3) is 0 Å². The normalized spacial score (nSPS) is 13.5. The SMILES string of the molecule is CCN(C(=O)c1ccncc1)c1cccc(C(=O)Nc2c(Br)cc(C(F)(C(F)(F)F)C(F)(F)Br)cc2OC(F)F)c1F. The van der Waals surface area contributed by atoms with Crippen LogP contribution in [0.5, 0.6) is 5.75 Å². The predicted molar refractivity (Wildman–Crippen MR) is 139 cm³/mol. The number of hydrogen-bond donors (Lipinski definition) is 1. The third-order valence-electron chi connectivity index (χ3n) is 5.69. The minimum Gasteiger partial charge on any atom is -0.433 e. The molecule has 0 bridgehead atoms. The summed E-state index contributed by atoms with van der Waals surface area (Å²) in [7, 11) is 0. The van der Waals surface area contributed by atoms with E-state index in [1.165, 1.54) is 59.5 Å². The molecule has 226 valence electrons. The van der Waals surface area contributed by atoms with E-state index in [4.69, 9.17) is 0 Å². The summed E-state index contributed by atoms with van der Waals surface area (Å²) < 4.78 is 128. The van der Waals surface area contributed by atoms with Gasteiger partial charge in [0.05, 0.1) is 16.9 Å². The van der Waals surface area contributed by atoms with Crippen molar-refractivity contribution in [2.24, 2.45) is 0 Å². The molecule has 3 aromatic rings. The van der Waals surface area contributed by atoms with Crippen molar-refractivity contribution in [3.05, 3.63) is 81.8 Å². The first kappa shape index (κ1) is 33.2. The maximum Gasteiger partial charge on any atom is 0.433 e. The number of carbonyl (C=O) groups is 2. The topological polar surface area (TPSA) is 71.5 Å². The fourth-order valence-corrected chi connectivity index (χ4v) is 4.73. The van der Waals surface area contributed by atoms with Crippen LogP contribution in [-0.2, 0) is 5.67 Å². The minimum atomic E-state index is -6.26. The van der Waals surface area contributed by atoms with E-state index in [0.29, 0.717) is 0 Å². The maximum atomic E-state index is 15.5. The number of pyridine rings is 1. The highest BCUT2D eigenvalue weighted by Gasteiger charge is 2.71. The number of anilines is 2. The summed E-state index contributed by atoms with van der Waals surface area (Å²) in [5.74, 6) is -4.64. The van der Waals surface area contributed by atoms with Gasteiger partial charge in [-0.3, -0.25) is 14.6 Å². The molecule has 0 fully saturated rings. The van der Waals surface area contributed by atoms with Crippen LogP contribution in [0, 0.1) is 5.82 Å². The van der Waals surface area contributed by atoms with Crippen LogP contribution < -0.4 is 15.0 Å². The first-order chi connectivity index (χ1) is 19.4. The van der Waals surface area contributed by atoms with E-state index in [9.17, 15) is 44.7 Å². The first-order valence-electron chi connectivity index (χ1n) is 11.4. The van der Waals surface area contributed by atoms with Gasteiger partial charge >= 0.3 is 23.3 Å². The summed E-state index contributed by atoms with van der Waals surface area (Å²) in [5, 5.41) is 1.94. The van der Waals surface area contributed by atoms with Gasteiger partial charge in [0.25, 0.3) is 11.8 Å². The second kappa shape index (κ2) is 12.5. The lowest BCUT2D eigenvalue weighted by Gasteiger charge is -2.32. The van der Waals surface area contributed by atoms with Crippen LogP contribution in [0.2, 0.25) is 0 Å². The minimum absolute atomic E-state index is 0.0646. The quantitative estimate of drug-likeness (QED) is 0.178. The van der Waals surface area contributed by atoms with Gasteiger partial charge in [-0.25, -0.2) is 8.78 Å². The van der Waals surface area contributed by atoms with E-state index in [-0.39, 0.29) is 29.9 Å². The van der Waals surface area contributed by atoms with E-state index in [1.54, 1.807) is 0 Å². The third-order valence-corrected chi connectivity index (χ3v) is 6.86. The number of hydrogen-bond acceptors (Lipinski definition) is 4. The average molecular weight is 737 g/mol. The second-order valence-corrected chi connectivity index (χ2v) is 10.1. The van der Waals surface area contributed by atoms with Crippen LogP contribution in [0.1, 0.15) is 33.2 Å². The molecule has 1 unspecified atom stereocenters. The van der Waals surface area contributed by atoms with Crippen LogP contribution in [0.15, 0.2) is 59.3 Å². The zero-order chi connectivity index (χ0) is 31.6. The Bertz CT molecular complexity index is 1460. The molecule has 17 heteroatoms. The Morgan fingerprint density at radius 3 is 2.19 bits per heavy atom. The van der Waals surface area contributed by atoms with Gasteiger partial charge in [-0.15, -0.1) is 0 Å². The van der Waals surface area contributed by atoms with Crippen molar-refractivity contribution >= 4 is 55.0 Å². The van der Waals surface area contributed by atoms with E-state index in [2.05, 4.69) is 25.7 Å². The van der Waals surface area contributed by atoms with E-state index in [0.717, 1.165) is 11.0 Å². The van der Waals surface area contributed by atoms with E-state index in [1.807, 2.05) is 5.32 Å². The molecule has 1 heterocycles. The molecule has 0 aliphatic rings. The summed E-state index contributed by atoms with van der Waals surface area (Å²) in [6.07, 6.45) is -3.61. The fourth-order valence-electron chi connectivity index (χ4n) is 3.74. The number of halogens is 11. The van der Waals surface area contributed by atoms with Crippen LogP contribution in [-0.4, -0.2) is 41.0 Å². The number of nitrogens with one attached hydrogen (secondary N) is 1. The molecule has 0 spiro atoms. The molecule has 0 saturated carbocycles. The molecule has 6 nitrogen and oxygen atoms in total. The van der Waals surface area contributed by atoms with Crippen LogP contribution in [0.4, 0.5) is 50.9 Å². The van der Waals surface area contributed by atoms with Crippen molar-refractivity contribution < 1.29 is 53.8 Å². The van der Waals surface area contributed by atoms with Crippen LogP contribution in [0.3, 0.4) is 0 Å². The highest BCUT2D eigenvalue weighted by atomic mass is 79.9. The number of aromatic nitrogens is 1. The molecule has 2 aromatic carbocycles. The van der Waals surface area contributed by atoms with Crippen molar-refractivity contribution in [1.82, 2.24) is 4.98 Å². The lowest BCUT2D eigenvalue weighted by Crippen LogP contribution is -2.49. The highest BCUT2D eigenvalue weighted by Crippen LogP contribution is 2.56. The Kier molecular flexibility index (Phi) is 9.86. The molecule has 1 N–H and O–H groups in total. The smallest absolute Gasteiger partial charge is 0.433 e. The van der Waals surface area contributed by atoms with Gasteiger partial charge in [-0.1, -0.05) is 6.07 Å². The monoisotopic (exact) mass is 735 g/mol. The van der Waals surface area contributed by atoms with Gasteiger partial charge in [0.1, 0.15) is 0 Å². The number of benzene rings is 2. The molecule has 0 aliphatic carbocycles. The maximum absolute atomic E-state index is 15.5. The molecule has 0 saturated heterocycles. The molecule has 1 atom stereocenters. The Hall–Kier alpha value is -3.34. The van der Waals surface area contributed by atoms with Gasteiger partial charge in [0.15, 0.2) is 11.6 Å². The number of nitrogens with zero attached hydrogens (tertiary/aromatic N) is 2. The number of amides is 2. The highest BCUT2D eigenvalue weighted by molar-refractivity contribution is 9.10. The largest absolute Gasteiger partial charge is 0.433 e. The molecule has 42 heavy (non-hydrogen) atoms. The van der Waals surface area contributed by atoms with Gasteiger partial charge in [0, 0.05) is 34.5 Å². The number of carbonyl (C=O) groups excluding carboxylic acids is 2. The standard InChI is InChI=1S/C25H16Br2F9N3O3/c1-2-39(21(41)12-6-8-37-9-7-12)16-5-3-4-14(18(16)28)20(40)38-19-15(26)10-13(11-17(19)42-22(29)30)23(31,24(27,32)33)25(34,35)36/h3-11,22H,2H2,1H3,(H,38,40). The molecular formula is C25H16Br2F9N3O3. The van der Waals surface area contributed by atoms with Crippen molar-refractivity contribution in [2.45, 2.75) is 30.2 Å². The summed E-state index contributed by atoms with van der Waals surface area (Å²) in [6.45, 7) is -2.32. The lowest BCUT2D eigenvalue weighted by atomic mass is 9.94. The summed E-state index contributed by atoms with van der Waals surface area (Å²) in [4.78, 5) is 25.4. The summed E-state index contributed by atoms with van der Waals surface area (Å²) >= 11 is 3.99. The average Bonchev–Trinajstić information content (AvgIpc) is 2.90. The molecule has 0 radical (unpaired) electrons. The molecule has 3 rings (SSSR count). The van der Waals surface area contributed by atoms with Crippen molar-refractivity contribution in [3.8, 4) is 5.75 Å². The Balaban J connectivity index is 2.07. The zero-order valence-corrected chi connectivity index (χ0v) is 23.9. The second-order valence-electron chi connectivity index (χ2n) is 8.24. The number of rotatable bonds is 9. The van der Waals surface area contributed by atoms with Gasteiger partial charge in [0.2, 0.25) is 0 Å². The fraction of sp³-hybridized carbons (Fsp3) is 0.240. The van der Waals surface area contributed by atoms with Crippen molar-refractivity contribution in [3.63, 3.8) is 0 Å². The first-order valence-corrected chi connectivity index (χ1v) is 13.0. The van der Waals surface area contributed by atoms with Crippen LogP contribution >= 0.6 is 31.9 Å². The van der Waals surface area contributed by atoms with Gasteiger partial charge < -0.3 is 15.0 Å². The Morgan fingerprint density at radius 1 is 1.05 bits per heavy atom. The third kappa shape index (κ3) is 6.50. The summed E-state index contributed by atoms with van der Waals surface area (Å²) in [5.41, 5.74) is -9.14. The molecule has 2 amide bonds. The van der Waals surface area contributed by atoms with E-state index < -0.39 is 68.0 Å². The number of alkyl halides is 9. The lowest BCUT2D eigenvalue weighted by molar-refractivity contribution is -0.282. The molecule has 0 aliphatic heterocycles. The molecule has 1 aromatic heterocycles. The predicted octanol–water partition coefficient (Wildman–Crippen LogP) is 8.22.